The Hall–Kier alpha value is -1.32. The van der Waals surface area contributed by atoms with Gasteiger partial charge in [0.05, 0.1) is 15.6 Å². The molecule has 0 unspecified atom stereocenters. The second-order valence-corrected chi connectivity index (χ2v) is 12.3. The Morgan fingerprint density at radius 1 is 1.22 bits per heavy atom. The number of halogens is 9. The van der Waals surface area contributed by atoms with Gasteiger partial charge in [-0.15, -0.1) is 0 Å². The molecule has 0 aliphatic heterocycles. The number of nitrogens with zero attached hydrogens (tertiary/aromatic N) is 3. The first-order valence-corrected chi connectivity index (χ1v) is 10.8. The van der Waals surface area contributed by atoms with Crippen LogP contribution in [-0.4, -0.2) is 19.7 Å². The fourth-order valence-corrected chi connectivity index (χ4v) is 4.64. The van der Waals surface area contributed by atoms with Crippen LogP contribution in [0, 0.1) is 11.3 Å². The first-order valence-electron chi connectivity index (χ1n) is 6.33. The summed E-state index contributed by atoms with van der Waals surface area (Å²) in [6, 6.07) is 2.28. The van der Waals surface area contributed by atoms with Gasteiger partial charge in [0, 0.05) is 0 Å². The van der Waals surface area contributed by atoms with Crippen LogP contribution in [0.3, 0.4) is 0 Å². The SMILES string of the molecule is N#Cc1nn(-c2c(Cl)cc(C(F)(F)F)cc2Cl)c(N)c1S(=O)(Cl)(Cl)C(F)F. The van der Waals surface area contributed by atoms with E-state index in [1.807, 2.05) is 0 Å². The first kappa shape index (κ1) is 22.0. The molecule has 1 heterocycles. The minimum Gasteiger partial charge on any atom is -0.383 e. The van der Waals surface area contributed by atoms with Gasteiger partial charge in [0.25, 0.3) is 0 Å². The van der Waals surface area contributed by atoms with Gasteiger partial charge in [-0.25, -0.2) is 8.89 Å². The summed E-state index contributed by atoms with van der Waals surface area (Å²) in [5, 5.41) is 11.3. The lowest BCUT2D eigenvalue weighted by atomic mass is 10.2. The van der Waals surface area contributed by atoms with E-state index in [1.54, 1.807) is 0 Å². The van der Waals surface area contributed by atoms with Gasteiger partial charge in [-0.3, -0.25) is 0 Å². The standard InChI is InChI=1S/C12H5Cl4F5N4OS/c13-5-1-4(12(19,20)21)2-6(14)8(5)25-10(23)9(7(3-22)24-25)27(15,16,26)11(17)18/h1-2,11H,23H2. The number of hydrogen-bond acceptors (Lipinski definition) is 4. The summed E-state index contributed by atoms with van der Waals surface area (Å²) in [4.78, 5) is -1.18. The highest BCUT2D eigenvalue weighted by atomic mass is 36.0. The van der Waals surface area contributed by atoms with Crippen molar-refractivity contribution >= 4 is 57.9 Å². The zero-order valence-corrected chi connectivity index (χ0v) is 16.2. The van der Waals surface area contributed by atoms with E-state index in [0.29, 0.717) is 16.8 Å². The highest BCUT2D eigenvalue weighted by Gasteiger charge is 2.50. The maximum Gasteiger partial charge on any atom is 0.416 e. The van der Waals surface area contributed by atoms with Crippen molar-refractivity contribution in [2.45, 2.75) is 16.8 Å². The van der Waals surface area contributed by atoms with Crippen molar-refractivity contribution in [3.63, 3.8) is 0 Å². The van der Waals surface area contributed by atoms with Crippen molar-refractivity contribution in [2.24, 2.45) is 0 Å². The zero-order valence-electron chi connectivity index (χ0n) is 12.4. The summed E-state index contributed by atoms with van der Waals surface area (Å²) in [6.45, 7) is 0. The van der Waals surface area contributed by atoms with Gasteiger partial charge in [-0.2, -0.15) is 32.3 Å². The lowest BCUT2D eigenvalue weighted by Gasteiger charge is -2.26. The fraction of sp³-hybridized carbons (Fsp3) is 0.167. The number of benzene rings is 1. The Morgan fingerprint density at radius 2 is 1.70 bits per heavy atom. The van der Waals surface area contributed by atoms with Crippen LogP contribution in [0.5, 0.6) is 0 Å². The smallest absolute Gasteiger partial charge is 0.383 e. The Bertz CT molecular complexity index is 1020. The zero-order chi connectivity index (χ0) is 21.0. The number of nitrogen functional groups attached to an aromatic ring is 1. The minimum atomic E-state index is -5.99. The van der Waals surface area contributed by atoms with Crippen molar-refractivity contribution in [1.82, 2.24) is 9.78 Å². The van der Waals surface area contributed by atoms with Crippen molar-refractivity contribution in [2.75, 3.05) is 5.73 Å². The summed E-state index contributed by atoms with van der Waals surface area (Å²) in [7, 11) is 4.76. The highest BCUT2D eigenvalue weighted by molar-refractivity contribution is 8.54. The van der Waals surface area contributed by atoms with Crippen LogP contribution in [0.2, 0.25) is 10.0 Å². The predicted octanol–water partition coefficient (Wildman–Crippen LogP) is 5.36. The van der Waals surface area contributed by atoms with Crippen LogP contribution in [-0.2, 0) is 13.7 Å². The molecule has 2 aromatic rings. The number of nitrogens with two attached hydrogens (primary N) is 1. The Morgan fingerprint density at radius 3 is 2.07 bits per heavy atom. The average molecular weight is 490 g/mol. The van der Waals surface area contributed by atoms with Crippen LogP contribution in [0.15, 0.2) is 17.0 Å². The largest absolute Gasteiger partial charge is 0.416 e. The summed E-state index contributed by atoms with van der Waals surface area (Å²) in [5.41, 5.74) is 2.97. The second kappa shape index (κ2) is 6.63. The van der Waals surface area contributed by atoms with Gasteiger partial charge in [0.15, 0.2) is 5.69 Å². The third kappa shape index (κ3) is 3.69. The first-order chi connectivity index (χ1) is 12.1. The molecule has 0 amide bonds. The molecule has 1 aromatic heterocycles. The molecular weight excluding hydrogens is 485 g/mol. The molecule has 0 atom stereocenters. The molecule has 0 bridgehead atoms. The fourth-order valence-electron chi connectivity index (χ4n) is 2.03. The molecule has 0 radical (unpaired) electrons. The van der Waals surface area contributed by atoms with Gasteiger partial charge in [-0.05, 0) is 33.5 Å². The summed E-state index contributed by atoms with van der Waals surface area (Å²) in [6.07, 6.45) is -4.79. The van der Waals surface area contributed by atoms with E-state index in [0.717, 1.165) is 0 Å². The van der Waals surface area contributed by atoms with E-state index >= 15 is 0 Å². The van der Waals surface area contributed by atoms with E-state index in [4.69, 9.17) is 55.6 Å². The van der Waals surface area contributed by atoms with Crippen molar-refractivity contribution < 1.29 is 26.2 Å². The Labute approximate surface area is 166 Å². The molecule has 0 spiro atoms. The van der Waals surface area contributed by atoms with Crippen LogP contribution in [0.4, 0.5) is 27.8 Å². The van der Waals surface area contributed by atoms with Crippen LogP contribution in [0.1, 0.15) is 11.3 Å². The van der Waals surface area contributed by atoms with Gasteiger partial charge >= 0.3 is 11.9 Å². The maximum absolute atomic E-state index is 13.2. The van der Waals surface area contributed by atoms with E-state index in [9.17, 15) is 26.2 Å². The lowest BCUT2D eigenvalue weighted by Crippen LogP contribution is -2.28. The van der Waals surface area contributed by atoms with E-state index in [-0.39, 0.29) is 0 Å². The van der Waals surface area contributed by atoms with Gasteiger partial charge in [0.1, 0.15) is 30.0 Å². The number of aromatic nitrogens is 2. The third-order valence-corrected chi connectivity index (χ3v) is 7.21. The maximum atomic E-state index is 13.2. The van der Waals surface area contributed by atoms with Crippen LogP contribution in [0.25, 0.3) is 5.69 Å². The molecule has 15 heteroatoms. The Balaban J connectivity index is 2.86. The van der Waals surface area contributed by atoms with Gasteiger partial charge in [0.2, 0.25) is 0 Å². The van der Waals surface area contributed by atoms with Crippen molar-refractivity contribution in [3.05, 3.63) is 33.4 Å². The topological polar surface area (TPSA) is 84.7 Å². The molecule has 148 valence electrons. The molecule has 0 saturated carbocycles. The molecule has 2 rings (SSSR count). The van der Waals surface area contributed by atoms with E-state index in [2.05, 4.69) is 5.10 Å². The van der Waals surface area contributed by atoms with Gasteiger partial charge in [-0.1, -0.05) is 23.2 Å². The van der Waals surface area contributed by atoms with Crippen LogP contribution >= 0.6 is 44.6 Å². The molecular formula is C12H5Cl4F5N4OS. The number of rotatable bonds is 3. The summed E-state index contributed by atoms with van der Waals surface area (Å²) < 4.78 is 77.7. The highest BCUT2D eigenvalue weighted by Crippen LogP contribution is 2.54. The number of nitriles is 1. The van der Waals surface area contributed by atoms with Gasteiger partial charge < -0.3 is 5.73 Å². The molecule has 0 aliphatic rings. The molecule has 0 aliphatic carbocycles. The number of alkyl halides is 5. The molecule has 0 saturated heterocycles. The quantitative estimate of drug-likeness (QED) is 0.464. The van der Waals surface area contributed by atoms with E-state index in [1.165, 1.54) is 6.07 Å². The second-order valence-electron chi connectivity index (χ2n) is 4.95. The molecule has 0 fully saturated rings. The molecule has 5 nitrogen and oxygen atoms in total. The normalized spacial score (nSPS) is 14.0. The Kier molecular flexibility index (Phi) is 5.40. The predicted molar refractivity (Wildman–Crippen MR) is 91.8 cm³/mol. The lowest BCUT2D eigenvalue weighted by molar-refractivity contribution is -0.137. The molecule has 27 heavy (non-hydrogen) atoms. The number of hydrogen-bond donors (Lipinski definition) is 1. The average Bonchev–Trinajstić information content (AvgIpc) is 2.83. The minimum absolute atomic E-state index is 0.458. The molecule has 2 N–H and O–H groups in total. The van der Waals surface area contributed by atoms with E-state index < -0.39 is 57.1 Å². The summed E-state index contributed by atoms with van der Waals surface area (Å²) >= 11 is 11.6. The van der Waals surface area contributed by atoms with Crippen LogP contribution < -0.4 is 5.73 Å². The molecule has 1 aromatic carbocycles. The summed E-state index contributed by atoms with van der Waals surface area (Å²) in [5.74, 6) is -4.76. The third-order valence-electron chi connectivity index (χ3n) is 3.19. The number of anilines is 1. The van der Waals surface area contributed by atoms with Crippen molar-refractivity contribution in [1.29, 1.82) is 5.26 Å². The van der Waals surface area contributed by atoms with Crippen molar-refractivity contribution in [3.8, 4) is 11.8 Å². The monoisotopic (exact) mass is 488 g/mol.